The fourth-order valence-corrected chi connectivity index (χ4v) is 5.12. The van der Waals surface area contributed by atoms with E-state index in [9.17, 15) is 18.0 Å². The van der Waals surface area contributed by atoms with E-state index in [0.29, 0.717) is 37.2 Å². The number of ether oxygens (including phenoxy) is 1. The van der Waals surface area contributed by atoms with E-state index in [0.717, 1.165) is 0 Å². The van der Waals surface area contributed by atoms with Crippen LogP contribution in [0, 0.1) is 0 Å². The average molecular weight is 369 g/mol. The standard InChI is InChI=1S/C17H17ClO5S/c1-2-23-13-5-3-4-12(19)15(13)17(20)11-6-7-14-10(16(11)18)8-9-24(14,21)22/h6-7H,2-5,8-9H2,1H3. The number of hydrogen-bond acceptors (Lipinski definition) is 5. The maximum absolute atomic E-state index is 12.9. The van der Waals surface area contributed by atoms with Crippen molar-refractivity contribution < 1.29 is 22.7 Å². The summed E-state index contributed by atoms with van der Waals surface area (Å²) in [6.07, 6.45) is 1.77. The zero-order valence-electron chi connectivity index (χ0n) is 13.2. The van der Waals surface area contributed by atoms with Crippen LogP contribution < -0.4 is 0 Å². The van der Waals surface area contributed by atoms with Crippen LogP contribution in [-0.2, 0) is 25.8 Å². The normalized spacial score (nSPS) is 19.3. The molecule has 0 spiro atoms. The Balaban J connectivity index is 2.09. The zero-order valence-corrected chi connectivity index (χ0v) is 14.8. The predicted molar refractivity (Wildman–Crippen MR) is 89.0 cm³/mol. The minimum Gasteiger partial charge on any atom is -0.497 e. The van der Waals surface area contributed by atoms with Crippen molar-refractivity contribution >= 4 is 33.0 Å². The number of carbonyl (C=O) groups excluding carboxylic acids is 2. The summed E-state index contributed by atoms with van der Waals surface area (Å²) >= 11 is 6.31. The summed E-state index contributed by atoms with van der Waals surface area (Å²) in [7, 11) is -3.32. The van der Waals surface area contributed by atoms with E-state index >= 15 is 0 Å². The smallest absolute Gasteiger partial charge is 0.201 e. The molecule has 24 heavy (non-hydrogen) atoms. The quantitative estimate of drug-likeness (QED) is 0.603. The minimum atomic E-state index is -3.32. The summed E-state index contributed by atoms with van der Waals surface area (Å²) in [5, 5.41) is 0.125. The summed E-state index contributed by atoms with van der Waals surface area (Å²) < 4.78 is 29.4. The third kappa shape index (κ3) is 2.78. The molecule has 0 bridgehead atoms. The molecule has 1 aromatic carbocycles. The van der Waals surface area contributed by atoms with Crippen LogP contribution in [0.2, 0.25) is 5.02 Å². The lowest BCUT2D eigenvalue weighted by Gasteiger charge is -2.19. The van der Waals surface area contributed by atoms with Gasteiger partial charge in [-0.3, -0.25) is 9.59 Å². The van der Waals surface area contributed by atoms with E-state index in [2.05, 4.69) is 0 Å². The van der Waals surface area contributed by atoms with Gasteiger partial charge in [-0.25, -0.2) is 8.42 Å². The number of halogens is 1. The van der Waals surface area contributed by atoms with Crippen molar-refractivity contribution in [3.8, 4) is 0 Å². The van der Waals surface area contributed by atoms with Gasteiger partial charge in [0.2, 0.25) is 5.78 Å². The van der Waals surface area contributed by atoms with Crippen molar-refractivity contribution in [3.05, 3.63) is 39.6 Å². The van der Waals surface area contributed by atoms with Crippen molar-refractivity contribution in [1.29, 1.82) is 0 Å². The molecule has 0 amide bonds. The van der Waals surface area contributed by atoms with E-state index in [1.165, 1.54) is 12.1 Å². The second kappa shape index (κ2) is 6.33. The van der Waals surface area contributed by atoms with Crippen molar-refractivity contribution in [1.82, 2.24) is 0 Å². The number of fused-ring (bicyclic) bond motifs is 1. The van der Waals surface area contributed by atoms with Gasteiger partial charge in [0.05, 0.1) is 22.3 Å². The Bertz CT molecular complexity index is 867. The summed E-state index contributed by atoms with van der Waals surface area (Å²) in [5.41, 5.74) is 0.671. The topological polar surface area (TPSA) is 77.5 Å². The molecule has 0 aromatic heterocycles. The van der Waals surface area contributed by atoms with Crippen LogP contribution in [0.15, 0.2) is 28.4 Å². The maximum Gasteiger partial charge on any atom is 0.201 e. The number of hydrogen-bond donors (Lipinski definition) is 0. The Hall–Kier alpha value is -1.66. The number of Topliss-reactive ketones (excluding diaryl/α,β-unsaturated/α-hetero) is 2. The number of rotatable bonds is 4. The molecule has 1 aliphatic carbocycles. The van der Waals surface area contributed by atoms with Crippen LogP contribution in [0.25, 0.3) is 0 Å². The van der Waals surface area contributed by atoms with Crippen LogP contribution in [0.4, 0.5) is 0 Å². The molecule has 3 rings (SSSR count). The van der Waals surface area contributed by atoms with Crippen LogP contribution >= 0.6 is 11.6 Å². The van der Waals surface area contributed by atoms with Gasteiger partial charge in [0, 0.05) is 18.4 Å². The molecule has 1 aromatic rings. The van der Waals surface area contributed by atoms with Gasteiger partial charge in [0.1, 0.15) is 11.3 Å². The fraction of sp³-hybridized carbons (Fsp3) is 0.412. The Morgan fingerprint density at radius 2 is 2.00 bits per heavy atom. The highest BCUT2D eigenvalue weighted by molar-refractivity contribution is 7.91. The summed E-state index contributed by atoms with van der Waals surface area (Å²) in [6.45, 7) is 2.16. The third-order valence-electron chi connectivity index (χ3n) is 4.31. The van der Waals surface area contributed by atoms with E-state index in [4.69, 9.17) is 16.3 Å². The highest BCUT2D eigenvalue weighted by Crippen LogP contribution is 2.36. The first kappa shape index (κ1) is 17.2. The van der Waals surface area contributed by atoms with Gasteiger partial charge in [-0.15, -0.1) is 0 Å². The first-order valence-electron chi connectivity index (χ1n) is 7.84. The van der Waals surface area contributed by atoms with Crippen molar-refractivity contribution in [2.24, 2.45) is 0 Å². The van der Waals surface area contributed by atoms with Crippen molar-refractivity contribution in [2.75, 3.05) is 12.4 Å². The van der Waals surface area contributed by atoms with Gasteiger partial charge in [-0.2, -0.15) is 0 Å². The molecule has 0 atom stereocenters. The lowest BCUT2D eigenvalue weighted by Crippen LogP contribution is -2.21. The van der Waals surface area contributed by atoms with Crippen molar-refractivity contribution in [2.45, 2.75) is 37.5 Å². The predicted octanol–water partition coefficient (Wildman–Crippen LogP) is 2.90. The van der Waals surface area contributed by atoms with Gasteiger partial charge in [-0.1, -0.05) is 11.6 Å². The number of ketones is 2. The molecule has 2 aliphatic rings. The molecule has 0 fully saturated rings. The summed E-state index contributed by atoms with van der Waals surface area (Å²) in [6, 6.07) is 2.80. The Morgan fingerprint density at radius 1 is 1.25 bits per heavy atom. The number of sulfone groups is 1. The lowest BCUT2D eigenvalue weighted by molar-refractivity contribution is -0.116. The van der Waals surface area contributed by atoms with E-state index in [1.54, 1.807) is 6.92 Å². The summed E-state index contributed by atoms with van der Waals surface area (Å²) in [5.74, 6) is -0.340. The zero-order chi connectivity index (χ0) is 17.5. The molecule has 1 heterocycles. The first-order chi connectivity index (χ1) is 11.4. The molecular weight excluding hydrogens is 352 g/mol. The molecule has 5 nitrogen and oxygen atoms in total. The highest BCUT2D eigenvalue weighted by atomic mass is 35.5. The third-order valence-corrected chi connectivity index (χ3v) is 6.54. The first-order valence-corrected chi connectivity index (χ1v) is 9.87. The molecule has 1 aliphatic heterocycles. The monoisotopic (exact) mass is 368 g/mol. The second-order valence-corrected chi connectivity index (χ2v) is 8.27. The van der Waals surface area contributed by atoms with Crippen LogP contribution in [0.1, 0.15) is 42.1 Å². The SMILES string of the molecule is CCOC1=C(C(=O)c2ccc3c(c2Cl)CCS3(=O)=O)C(=O)CCC1. The highest BCUT2D eigenvalue weighted by Gasteiger charge is 2.33. The Morgan fingerprint density at radius 3 is 2.71 bits per heavy atom. The Labute approximate surface area is 145 Å². The molecule has 7 heteroatoms. The van der Waals surface area contributed by atoms with Crippen LogP contribution in [0.5, 0.6) is 0 Å². The van der Waals surface area contributed by atoms with Crippen molar-refractivity contribution in [3.63, 3.8) is 0 Å². The van der Waals surface area contributed by atoms with Gasteiger partial charge < -0.3 is 4.74 Å². The van der Waals surface area contributed by atoms with Gasteiger partial charge in [0.25, 0.3) is 0 Å². The average Bonchev–Trinajstić information content (AvgIpc) is 2.84. The largest absolute Gasteiger partial charge is 0.497 e. The molecule has 0 radical (unpaired) electrons. The molecule has 0 N–H and O–H groups in total. The molecule has 128 valence electrons. The van der Waals surface area contributed by atoms with E-state index in [1.807, 2.05) is 0 Å². The van der Waals surface area contributed by atoms with Crippen LogP contribution in [-0.4, -0.2) is 32.3 Å². The number of carbonyl (C=O) groups is 2. The van der Waals surface area contributed by atoms with Gasteiger partial charge in [0.15, 0.2) is 15.6 Å². The molecular formula is C17H17ClO5S. The summed E-state index contributed by atoms with van der Waals surface area (Å²) in [4.78, 5) is 25.3. The van der Waals surface area contributed by atoms with E-state index in [-0.39, 0.29) is 39.0 Å². The number of benzene rings is 1. The van der Waals surface area contributed by atoms with Crippen LogP contribution in [0.3, 0.4) is 0 Å². The Kier molecular flexibility index (Phi) is 4.53. The number of allylic oxidation sites excluding steroid dienone is 2. The molecule has 0 unspecified atom stereocenters. The molecule has 0 saturated carbocycles. The van der Waals surface area contributed by atoms with Gasteiger partial charge >= 0.3 is 0 Å². The lowest BCUT2D eigenvalue weighted by atomic mass is 9.89. The van der Waals surface area contributed by atoms with E-state index < -0.39 is 15.6 Å². The second-order valence-electron chi connectivity index (χ2n) is 5.81. The van der Waals surface area contributed by atoms with Gasteiger partial charge in [-0.05, 0) is 37.5 Å². The minimum absolute atomic E-state index is 0.00841. The molecule has 0 saturated heterocycles. The maximum atomic E-state index is 12.9. The fourth-order valence-electron chi connectivity index (χ4n) is 3.17.